The number of carboxylic acid groups (broad SMARTS) is 1. The lowest BCUT2D eigenvalue weighted by molar-refractivity contribution is 0.0692. The van der Waals surface area contributed by atoms with Crippen LogP contribution in [0.25, 0.3) is 0 Å². The molecule has 0 radical (unpaired) electrons. The Morgan fingerprint density at radius 3 is 2.81 bits per heavy atom. The van der Waals surface area contributed by atoms with Gasteiger partial charge in [0.05, 0.1) is 10.5 Å². The zero-order valence-corrected chi connectivity index (χ0v) is 13.3. The molecule has 1 aliphatic rings. The van der Waals surface area contributed by atoms with Crippen molar-refractivity contribution >= 4 is 33.4 Å². The van der Waals surface area contributed by atoms with Crippen molar-refractivity contribution in [1.29, 1.82) is 0 Å². The molecule has 8 heteroatoms. The molecule has 2 rings (SSSR count). The molecule has 1 unspecified atom stereocenters. The van der Waals surface area contributed by atoms with Crippen LogP contribution in [-0.2, 0) is 10.0 Å². The Balaban J connectivity index is 2.27. The molecule has 21 heavy (non-hydrogen) atoms. The summed E-state index contributed by atoms with van der Waals surface area (Å²) in [5.41, 5.74) is 5.51. The number of rotatable bonds is 5. The van der Waals surface area contributed by atoms with E-state index in [2.05, 4.69) is 4.72 Å². The number of nitrogens with two attached hydrogens (primary N) is 1. The summed E-state index contributed by atoms with van der Waals surface area (Å²) >= 11 is 1.73. The van der Waals surface area contributed by atoms with E-state index in [1.54, 1.807) is 11.8 Å². The van der Waals surface area contributed by atoms with Crippen molar-refractivity contribution in [2.45, 2.75) is 29.4 Å². The third kappa shape index (κ3) is 3.69. The third-order valence-electron chi connectivity index (χ3n) is 3.46. The lowest BCUT2D eigenvalue weighted by atomic mass is 10.1. The van der Waals surface area contributed by atoms with Crippen molar-refractivity contribution in [3.63, 3.8) is 0 Å². The number of carboxylic acids is 1. The number of thioether (sulfide) groups is 1. The maximum atomic E-state index is 12.4. The van der Waals surface area contributed by atoms with Gasteiger partial charge in [0.2, 0.25) is 10.0 Å². The van der Waals surface area contributed by atoms with Gasteiger partial charge in [-0.05, 0) is 43.7 Å². The predicted molar refractivity (Wildman–Crippen MR) is 83.1 cm³/mol. The zero-order valence-electron chi connectivity index (χ0n) is 11.6. The Bertz CT molecular complexity index is 652. The van der Waals surface area contributed by atoms with Gasteiger partial charge in [-0.2, -0.15) is 11.8 Å². The van der Waals surface area contributed by atoms with Crippen LogP contribution in [0.4, 0.5) is 5.69 Å². The minimum Gasteiger partial charge on any atom is -0.478 e. The minimum atomic E-state index is -3.91. The maximum Gasteiger partial charge on any atom is 0.337 e. The number of hydrogen-bond acceptors (Lipinski definition) is 5. The van der Waals surface area contributed by atoms with Crippen LogP contribution in [0.15, 0.2) is 23.1 Å². The first-order valence-corrected chi connectivity index (χ1v) is 8.97. The lowest BCUT2D eigenvalue weighted by Crippen LogP contribution is -2.37. The third-order valence-corrected chi connectivity index (χ3v) is 6.44. The lowest BCUT2D eigenvalue weighted by Gasteiger charge is -2.23. The molecule has 0 amide bonds. The summed E-state index contributed by atoms with van der Waals surface area (Å²) in [6.45, 7) is 2.28. The second kappa shape index (κ2) is 5.86. The van der Waals surface area contributed by atoms with Gasteiger partial charge in [0.15, 0.2) is 0 Å². The van der Waals surface area contributed by atoms with Gasteiger partial charge >= 0.3 is 5.97 Å². The fraction of sp³-hybridized carbons (Fsp3) is 0.462. The first-order chi connectivity index (χ1) is 9.73. The molecule has 0 spiro atoms. The number of nitrogen functional groups attached to an aromatic ring is 1. The fourth-order valence-electron chi connectivity index (χ4n) is 2.24. The second-order valence-corrected chi connectivity index (χ2v) is 8.71. The molecule has 0 saturated carbocycles. The average molecular weight is 330 g/mol. The van der Waals surface area contributed by atoms with Crippen LogP contribution in [0.5, 0.6) is 0 Å². The SMILES string of the molecule is CC1(CNS(=O)(=O)c2cc(N)ccc2C(=O)O)CCCS1. The first-order valence-electron chi connectivity index (χ1n) is 6.50. The highest BCUT2D eigenvalue weighted by Gasteiger charge is 2.32. The molecule has 0 aromatic heterocycles. The predicted octanol–water partition coefficient (Wildman–Crippen LogP) is 1.53. The van der Waals surface area contributed by atoms with E-state index in [0.29, 0.717) is 0 Å². The molecule has 6 nitrogen and oxygen atoms in total. The summed E-state index contributed by atoms with van der Waals surface area (Å²) in [6.07, 6.45) is 1.99. The maximum absolute atomic E-state index is 12.4. The van der Waals surface area contributed by atoms with Crippen LogP contribution in [0.1, 0.15) is 30.1 Å². The van der Waals surface area contributed by atoms with Crippen LogP contribution in [-0.4, -0.2) is 36.5 Å². The molecule has 1 heterocycles. The number of hydrogen-bond donors (Lipinski definition) is 3. The van der Waals surface area contributed by atoms with Crippen LogP contribution >= 0.6 is 11.8 Å². The van der Waals surface area contributed by atoms with Gasteiger partial charge in [0, 0.05) is 17.0 Å². The van der Waals surface area contributed by atoms with E-state index in [1.807, 2.05) is 6.92 Å². The van der Waals surface area contributed by atoms with Crippen molar-refractivity contribution in [1.82, 2.24) is 4.72 Å². The molecule has 0 aliphatic carbocycles. The summed E-state index contributed by atoms with van der Waals surface area (Å²) in [5, 5.41) is 9.11. The van der Waals surface area contributed by atoms with Crippen LogP contribution < -0.4 is 10.5 Å². The molecule has 1 aromatic rings. The van der Waals surface area contributed by atoms with Gasteiger partial charge in [-0.3, -0.25) is 0 Å². The highest BCUT2D eigenvalue weighted by atomic mass is 32.2. The van der Waals surface area contributed by atoms with Crippen molar-refractivity contribution in [3.8, 4) is 0 Å². The summed E-state index contributed by atoms with van der Waals surface area (Å²) in [5.74, 6) is -0.284. The second-order valence-electron chi connectivity index (χ2n) is 5.29. The minimum absolute atomic E-state index is 0.142. The van der Waals surface area contributed by atoms with Gasteiger partial charge in [0.1, 0.15) is 0 Å². The number of aromatic carboxylic acids is 1. The van der Waals surface area contributed by atoms with Crippen molar-refractivity contribution in [2.24, 2.45) is 0 Å². The normalized spacial score (nSPS) is 22.3. The van der Waals surface area contributed by atoms with Crippen LogP contribution in [0, 0.1) is 0 Å². The summed E-state index contributed by atoms with van der Waals surface area (Å²) in [4.78, 5) is 10.9. The Labute approximate surface area is 128 Å². The Morgan fingerprint density at radius 1 is 1.52 bits per heavy atom. The van der Waals surface area contributed by atoms with E-state index in [-0.39, 0.29) is 27.4 Å². The highest BCUT2D eigenvalue weighted by molar-refractivity contribution is 8.01. The van der Waals surface area contributed by atoms with Gasteiger partial charge in [-0.15, -0.1) is 0 Å². The van der Waals surface area contributed by atoms with Gasteiger partial charge in [-0.25, -0.2) is 17.9 Å². The molecule has 4 N–H and O–H groups in total. The Hall–Kier alpha value is -1.25. The molecule has 1 saturated heterocycles. The quantitative estimate of drug-likeness (QED) is 0.706. The molecule has 1 aromatic carbocycles. The molecule has 1 fully saturated rings. The topological polar surface area (TPSA) is 109 Å². The Morgan fingerprint density at radius 2 is 2.24 bits per heavy atom. The van der Waals surface area contributed by atoms with E-state index in [9.17, 15) is 13.2 Å². The standard InChI is InChI=1S/C13H18N2O4S2/c1-13(5-2-6-20-13)8-15-21(18,19)11-7-9(14)3-4-10(11)12(16)17/h3-4,7,15H,2,5-6,8,14H2,1H3,(H,16,17). The fourth-order valence-corrected chi connectivity index (χ4v) is 4.98. The smallest absolute Gasteiger partial charge is 0.337 e. The van der Waals surface area contributed by atoms with E-state index in [4.69, 9.17) is 10.8 Å². The van der Waals surface area contributed by atoms with Gasteiger partial charge in [-0.1, -0.05) is 0 Å². The number of carbonyl (C=O) groups is 1. The zero-order chi connectivity index (χ0) is 15.7. The molecule has 1 atom stereocenters. The summed E-state index contributed by atoms with van der Waals surface area (Å²) in [6, 6.07) is 3.75. The Kier molecular flexibility index (Phi) is 4.50. The number of nitrogens with one attached hydrogen (secondary N) is 1. The van der Waals surface area contributed by atoms with Crippen LogP contribution in [0.2, 0.25) is 0 Å². The van der Waals surface area contributed by atoms with Gasteiger partial charge < -0.3 is 10.8 Å². The first kappa shape index (κ1) is 16.1. The van der Waals surface area contributed by atoms with Crippen LogP contribution in [0.3, 0.4) is 0 Å². The van der Waals surface area contributed by atoms with E-state index >= 15 is 0 Å². The summed E-state index contributed by atoms with van der Waals surface area (Å²) < 4.78 is 27.1. The average Bonchev–Trinajstić information content (AvgIpc) is 2.84. The number of sulfonamides is 1. The molecular weight excluding hydrogens is 312 g/mol. The molecule has 116 valence electrons. The van der Waals surface area contributed by atoms with E-state index in [0.717, 1.165) is 18.6 Å². The molecule has 1 aliphatic heterocycles. The van der Waals surface area contributed by atoms with Crippen molar-refractivity contribution in [3.05, 3.63) is 23.8 Å². The summed E-state index contributed by atoms with van der Waals surface area (Å²) in [7, 11) is -3.91. The largest absolute Gasteiger partial charge is 0.478 e. The number of benzene rings is 1. The molecule has 0 bridgehead atoms. The monoisotopic (exact) mass is 330 g/mol. The highest BCUT2D eigenvalue weighted by Crippen LogP contribution is 2.37. The van der Waals surface area contributed by atoms with Gasteiger partial charge in [0.25, 0.3) is 0 Å². The number of anilines is 1. The molecular formula is C13H18N2O4S2. The van der Waals surface area contributed by atoms with E-state index < -0.39 is 16.0 Å². The van der Waals surface area contributed by atoms with E-state index in [1.165, 1.54) is 18.2 Å². The van der Waals surface area contributed by atoms with Crippen molar-refractivity contribution in [2.75, 3.05) is 18.0 Å². The van der Waals surface area contributed by atoms with Crippen molar-refractivity contribution < 1.29 is 18.3 Å².